The molecule has 8 rings (SSSR count). The normalized spacial score (nSPS) is 13.2. The number of aromatic nitrogens is 5. The van der Waals surface area contributed by atoms with Crippen LogP contribution in [0, 0.1) is 17.5 Å². The van der Waals surface area contributed by atoms with Gasteiger partial charge in [0.25, 0.3) is 0 Å². The average molecular weight is 1210 g/mol. The summed E-state index contributed by atoms with van der Waals surface area (Å²) in [5, 5.41) is 12.8. The first kappa shape index (κ1) is 67.9. The number of pyridine rings is 3. The smallest absolute Gasteiger partial charge is 0.528 e. The van der Waals surface area contributed by atoms with E-state index in [0.717, 1.165) is 29.7 Å². The van der Waals surface area contributed by atoms with E-state index >= 15 is 0 Å². The number of halogens is 4. The number of carboxylic acid groups (broad SMARTS) is 1. The van der Waals surface area contributed by atoms with E-state index in [1.54, 1.807) is 62.0 Å². The molecule has 23 heteroatoms. The Morgan fingerprint density at radius 1 is 0.679 bits per heavy atom. The largest absolute Gasteiger partial charge is 1.00 e. The number of aryl methyl sites for hydroxylation is 1. The standard InChI is InChI=1S/C27H35FN6O4S.C17H17ClFNO2.C17H18FNO3.Na/c1-18(2)23-12-20(28)13-24(19-8-9-29-27(11-19)38-5)25(23)14-26(35)31-39(36,37)34(22-15-30-33(4)17-22)21-7-6-10-32(3)16-21;1-10(2)13-7-12(19)8-14(15(13)9-16(18)21)11-4-5-20-17(6-11)22-3;1-10(2)13-7-12(18)8-14(15(13)9-17(20)21)11-4-5-19-16(6-11)22-3;/h8-9,11-13,15,17-18,21H,6-7,10,14,16H2,1-5H3,(H,31,35);4-8,10H,9H2,1-3H3;4-8,10H,9H2,1-3H3,(H,20,21);/q;;;+1/p-1. The van der Waals surface area contributed by atoms with Crippen molar-refractivity contribution in [3.63, 3.8) is 0 Å². The summed E-state index contributed by atoms with van der Waals surface area (Å²) in [5.74, 6) is -1.87. The van der Waals surface area contributed by atoms with Gasteiger partial charge < -0.3 is 33.7 Å². The van der Waals surface area contributed by atoms with Crippen molar-refractivity contribution in [2.24, 2.45) is 7.05 Å². The summed E-state index contributed by atoms with van der Waals surface area (Å²) >= 11 is 5.58. The van der Waals surface area contributed by atoms with Gasteiger partial charge in [-0.25, -0.2) is 36.5 Å². The molecule has 0 saturated carbocycles. The summed E-state index contributed by atoms with van der Waals surface area (Å²) in [5.41, 5.74) is 7.97. The maximum Gasteiger partial charge on any atom is 1.00 e. The maximum absolute atomic E-state index is 14.7. The number of ether oxygens (including phenoxy) is 3. The molecule has 1 N–H and O–H groups in total. The van der Waals surface area contributed by atoms with Gasteiger partial charge in [0.1, 0.15) is 17.5 Å². The molecule has 1 aliphatic rings. The Morgan fingerprint density at radius 2 is 1.08 bits per heavy atom. The van der Waals surface area contributed by atoms with Crippen LogP contribution in [0.25, 0.3) is 38.1 Å². The minimum Gasteiger partial charge on any atom is -0.528 e. The van der Waals surface area contributed by atoms with Crippen molar-refractivity contribution in [1.29, 1.82) is 0 Å². The Kier molecular flexibility index (Phi) is 24.9. The zero-order valence-electron chi connectivity index (χ0n) is 49.3. The first-order valence-electron chi connectivity index (χ1n) is 26.7. The number of carboxylic acids is 1. The molecule has 1 atom stereocenters. The fourth-order valence-corrected chi connectivity index (χ4v) is 11.4. The molecule has 84 heavy (non-hydrogen) atoms. The van der Waals surface area contributed by atoms with Crippen LogP contribution in [-0.2, 0) is 50.9 Å². The van der Waals surface area contributed by atoms with Gasteiger partial charge in [-0.2, -0.15) is 5.10 Å². The number of aliphatic carboxylic acids is 1. The molecule has 1 fully saturated rings. The molecule has 7 aromatic rings. The van der Waals surface area contributed by atoms with E-state index in [1.807, 2.05) is 48.6 Å². The van der Waals surface area contributed by atoms with E-state index in [9.17, 15) is 41.1 Å². The molecule has 1 saturated heterocycles. The fourth-order valence-electron chi connectivity index (χ4n) is 9.98. The number of likely N-dealkylation sites (tertiary alicyclic amines) is 1. The molecule has 442 valence electrons. The summed E-state index contributed by atoms with van der Waals surface area (Å²) in [6, 6.07) is 18.1. The Balaban J connectivity index is 0.000000246. The van der Waals surface area contributed by atoms with Crippen LogP contribution in [0.2, 0.25) is 0 Å². The fraction of sp³-hybridized carbons (Fsp3) is 0.361. The Morgan fingerprint density at radius 3 is 1.43 bits per heavy atom. The number of anilines is 1. The Bertz CT molecular complexity index is 3430. The van der Waals surface area contributed by atoms with Crippen LogP contribution in [-0.4, -0.2) is 108 Å². The van der Waals surface area contributed by atoms with Crippen LogP contribution >= 0.6 is 11.6 Å². The Hall–Kier alpha value is -6.88. The van der Waals surface area contributed by atoms with E-state index in [-0.39, 0.29) is 78.2 Å². The number of amides is 1. The number of hydrogen-bond donors (Lipinski definition) is 1. The summed E-state index contributed by atoms with van der Waals surface area (Å²) in [4.78, 5) is 50.2. The van der Waals surface area contributed by atoms with Crippen LogP contribution in [0.4, 0.5) is 18.9 Å². The molecule has 0 bridgehead atoms. The van der Waals surface area contributed by atoms with Gasteiger partial charge in [0.15, 0.2) is 10.2 Å². The van der Waals surface area contributed by atoms with E-state index in [1.165, 1.54) is 79.1 Å². The molecule has 3 aromatic carbocycles. The minimum absolute atomic E-state index is 0. The predicted octanol–water partition coefficient (Wildman–Crippen LogP) is 9.02. The van der Waals surface area contributed by atoms with Crippen molar-refractivity contribution in [1.82, 2.24) is 29.6 Å². The molecule has 17 nitrogen and oxygen atoms in total. The topological polar surface area (TPSA) is 210 Å². The molecule has 4 aromatic heterocycles. The van der Waals surface area contributed by atoms with Gasteiger partial charge in [-0.1, -0.05) is 41.5 Å². The molecule has 0 spiro atoms. The van der Waals surface area contributed by atoms with Crippen molar-refractivity contribution in [2.45, 2.75) is 97.4 Å². The van der Waals surface area contributed by atoms with Gasteiger partial charge in [0.05, 0.1) is 51.6 Å². The monoisotopic (exact) mass is 1200 g/mol. The molecule has 1 aliphatic heterocycles. The van der Waals surface area contributed by atoms with Gasteiger partial charge >= 0.3 is 35.5 Å². The summed E-state index contributed by atoms with van der Waals surface area (Å²) in [6.45, 7) is 12.9. The maximum atomic E-state index is 14.7. The van der Waals surface area contributed by atoms with Crippen LogP contribution in [0.15, 0.2) is 104 Å². The van der Waals surface area contributed by atoms with Crippen molar-refractivity contribution < 1.29 is 84.8 Å². The molecular weight excluding hydrogens is 1140 g/mol. The summed E-state index contributed by atoms with van der Waals surface area (Å²) in [7, 11) is 3.70. The first-order chi connectivity index (χ1) is 39.3. The third kappa shape index (κ3) is 18.1. The van der Waals surface area contributed by atoms with Gasteiger partial charge in [-0.05, 0) is 177 Å². The second-order valence-electron chi connectivity index (χ2n) is 20.8. The average Bonchev–Trinajstić information content (AvgIpc) is 2.96. The van der Waals surface area contributed by atoms with Crippen molar-refractivity contribution in [3.8, 4) is 51.0 Å². The number of rotatable bonds is 19. The number of piperidine rings is 1. The van der Waals surface area contributed by atoms with Crippen LogP contribution < -0.4 is 48.1 Å². The van der Waals surface area contributed by atoms with Gasteiger partial charge in [-0.3, -0.25) is 18.6 Å². The predicted molar refractivity (Wildman–Crippen MR) is 314 cm³/mol. The number of methoxy groups -OCH3 is 3. The second-order valence-corrected chi connectivity index (χ2v) is 22.6. The molecular formula is C61H69ClF3N8NaO9S. The molecule has 1 unspecified atom stereocenters. The third-order valence-electron chi connectivity index (χ3n) is 13.7. The zero-order valence-corrected chi connectivity index (χ0v) is 52.9. The third-order valence-corrected chi connectivity index (χ3v) is 15.3. The van der Waals surface area contributed by atoms with Gasteiger partial charge in [0.2, 0.25) is 22.9 Å². The number of hydrogen-bond acceptors (Lipinski definition) is 13. The molecule has 5 heterocycles. The number of carbonyl (C=O) groups is 3. The van der Waals surface area contributed by atoms with Crippen molar-refractivity contribution in [3.05, 3.63) is 159 Å². The zero-order chi connectivity index (χ0) is 60.9. The minimum atomic E-state index is -4.41. The molecule has 0 aliphatic carbocycles. The quantitative estimate of drug-likeness (QED) is 0.0592. The van der Waals surface area contributed by atoms with Crippen LogP contribution in [0.1, 0.15) is 106 Å². The summed E-state index contributed by atoms with van der Waals surface area (Å²) < 4.78 is 91.9. The summed E-state index contributed by atoms with van der Waals surface area (Å²) in [6.07, 6.45) is 8.73. The number of likely N-dealkylation sites (N-methyl/N-ethyl adjacent to an activating group) is 1. The van der Waals surface area contributed by atoms with Crippen LogP contribution in [0.3, 0.4) is 0 Å². The van der Waals surface area contributed by atoms with E-state index < -0.39 is 39.2 Å². The van der Waals surface area contributed by atoms with Gasteiger partial charge in [-0.15, -0.1) is 0 Å². The molecule has 1 amide bonds. The second kappa shape index (κ2) is 30.8. The number of carbonyl (C=O) groups excluding carboxylic acids is 2. The van der Waals surface area contributed by atoms with Crippen molar-refractivity contribution in [2.75, 3.05) is 45.8 Å². The van der Waals surface area contributed by atoms with E-state index in [2.05, 4.69) is 29.7 Å². The van der Waals surface area contributed by atoms with Crippen molar-refractivity contribution >= 4 is 44.6 Å². The Labute approximate surface area is 516 Å². The first-order valence-corrected chi connectivity index (χ1v) is 28.5. The van der Waals surface area contributed by atoms with E-state index in [0.29, 0.717) is 86.4 Å². The van der Waals surface area contributed by atoms with Crippen LogP contribution in [0.5, 0.6) is 17.6 Å². The molecule has 0 radical (unpaired) electrons. The number of nitrogens with zero attached hydrogens (tertiary/aromatic N) is 8. The number of benzene rings is 3. The van der Waals surface area contributed by atoms with Gasteiger partial charge in [0, 0.05) is 69.4 Å². The SMILES string of the molecule is COc1cc(-c2cc(F)cc(C(C)C)c2CC(=O)Cl)ccn1.COc1cc(-c2cc(F)cc(C(C)C)c2CC(=O)O)ccn1.COc1cc(-c2cc(F)cc(C(C)C)c2CC(=O)[N-]S(=O)(=O)N(c2cnn(C)c2)C2CCCN(C)C2)ccn1.[Na+]. The van der Waals surface area contributed by atoms with E-state index in [4.69, 9.17) is 25.8 Å².